The van der Waals surface area contributed by atoms with Crippen LogP contribution in [-0.2, 0) is 6.42 Å². The van der Waals surface area contributed by atoms with Crippen LogP contribution in [0, 0.1) is 22.9 Å². The molecule has 0 saturated heterocycles. The largest absolute Gasteiger partial charge is 0.382 e. The van der Waals surface area contributed by atoms with Crippen molar-refractivity contribution in [1.29, 1.82) is 0 Å². The van der Waals surface area contributed by atoms with Crippen molar-refractivity contribution in [3.8, 4) is 0 Å². The maximum Gasteiger partial charge on any atom is 0.271 e. The fraction of sp³-hybridized carbons (Fsp3) is 0.250. The maximum absolute atomic E-state index is 13.6. The Balaban J connectivity index is 2.12. The van der Waals surface area contributed by atoms with Gasteiger partial charge in [0.05, 0.1) is 4.92 Å². The topological polar surface area (TPSA) is 55.2 Å². The van der Waals surface area contributed by atoms with E-state index in [2.05, 4.69) is 5.32 Å². The van der Waals surface area contributed by atoms with Crippen LogP contribution in [0.3, 0.4) is 0 Å². The van der Waals surface area contributed by atoms with E-state index in [0.29, 0.717) is 17.7 Å². The average Bonchev–Trinajstić information content (AvgIpc) is 2.43. The highest BCUT2D eigenvalue weighted by Gasteiger charge is 2.12. The molecule has 2 aromatic rings. The second kappa shape index (κ2) is 6.35. The van der Waals surface area contributed by atoms with Crippen molar-refractivity contribution < 1.29 is 9.31 Å². The van der Waals surface area contributed by atoms with E-state index in [9.17, 15) is 14.5 Å². The summed E-state index contributed by atoms with van der Waals surface area (Å²) in [5.74, 6) is -0.234. The number of non-ortho nitro benzene ring substituents is 1. The summed E-state index contributed by atoms with van der Waals surface area (Å²) in [6.45, 7) is 3.80. The van der Waals surface area contributed by atoms with E-state index in [4.69, 9.17) is 0 Å². The number of halogens is 1. The molecule has 0 amide bonds. The standard InChI is InChI=1S/C16H17FN2O2/c1-11-7-8-14(19(20)21)10-16(11)18-12(2)9-13-5-3-4-6-15(13)17/h3-8,10,12,18H,9H2,1-2H3. The maximum atomic E-state index is 13.6. The second-order valence-corrected chi connectivity index (χ2v) is 5.10. The predicted molar refractivity (Wildman–Crippen MR) is 81.0 cm³/mol. The van der Waals surface area contributed by atoms with Crippen LogP contribution in [0.1, 0.15) is 18.1 Å². The Labute approximate surface area is 122 Å². The van der Waals surface area contributed by atoms with Gasteiger partial charge in [-0.1, -0.05) is 24.3 Å². The molecule has 1 unspecified atom stereocenters. The van der Waals surface area contributed by atoms with Crippen molar-refractivity contribution in [3.63, 3.8) is 0 Å². The smallest absolute Gasteiger partial charge is 0.271 e. The van der Waals surface area contributed by atoms with E-state index in [0.717, 1.165) is 5.56 Å². The van der Waals surface area contributed by atoms with Gasteiger partial charge in [0.1, 0.15) is 5.82 Å². The minimum atomic E-state index is -0.424. The van der Waals surface area contributed by atoms with Crippen molar-refractivity contribution in [2.24, 2.45) is 0 Å². The number of nitro benzene ring substituents is 1. The van der Waals surface area contributed by atoms with Crippen LogP contribution in [0.15, 0.2) is 42.5 Å². The lowest BCUT2D eigenvalue weighted by molar-refractivity contribution is -0.384. The first-order valence-corrected chi connectivity index (χ1v) is 6.72. The van der Waals surface area contributed by atoms with Gasteiger partial charge in [0.2, 0.25) is 0 Å². The van der Waals surface area contributed by atoms with E-state index in [1.807, 2.05) is 13.8 Å². The molecule has 110 valence electrons. The molecule has 0 aromatic heterocycles. The summed E-state index contributed by atoms with van der Waals surface area (Å²) in [4.78, 5) is 10.4. The monoisotopic (exact) mass is 288 g/mol. The highest BCUT2D eigenvalue weighted by molar-refractivity contribution is 5.57. The average molecular weight is 288 g/mol. The number of nitrogens with zero attached hydrogens (tertiary/aromatic N) is 1. The molecule has 0 aliphatic carbocycles. The quantitative estimate of drug-likeness (QED) is 0.666. The van der Waals surface area contributed by atoms with Crippen LogP contribution in [-0.4, -0.2) is 11.0 Å². The Bertz CT molecular complexity index is 658. The predicted octanol–water partition coefficient (Wildman–Crippen LogP) is 4.09. The molecule has 2 aromatic carbocycles. The number of nitro groups is 1. The molecule has 0 radical (unpaired) electrons. The number of rotatable bonds is 5. The Kier molecular flexibility index (Phi) is 4.52. The minimum absolute atomic E-state index is 0.0393. The molecule has 0 fully saturated rings. The molecule has 0 heterocycles. The molecule has 0 aliphatic heterocycles. The number of aryl methyl sites for hydroxylation is 1. The molecular weight excluding hydrogens is 271 g/mol. The molecule has 0 spiro atoms. The van der Waals surface area contributed by atoms with Crippen LogP contribution in [0.4, 0.5) is 15.8 Å². The lowest BCUT2D eigenvalue weighted by atomic mass is 10.1. The van der Waals surface area contributed by atoms with Gasteiger partial charge >= 0.3 is 0 Å². The van der Waals surface area contributed by atoms with Gasteiger partial charge in [0.25, 0.3) is 5.69 Å². The van der Waals surface area contributed by atoms with Gasteiger partial charge in [-0.3, -0.25) is 10.1 Å². The number of nitrogens with one attached hydrogen (secondary N) is 1. The first-order valence-electron chi connectivity index (χ1n) is 6.72. The van der Waals surface area contributed by atoms with Crippen molar-refractivity contribution in [2.45, 2.75) is 26.3 Å². The van der Waals surface area contributed by atoms with E-state index in [1.165, 1.54) is 18.2 Å². The van der Waals surface area contributed by atoms with E-state index in [1.54, 1.807) is 24.3 Å². The molecule has 2 rings (SSSR count). The number of benzene rings is 2. The Hall–Kier alpha value is -2.43. The van der Waals surface area contributed by atoms with Crippen molar-refractivity contribution >= 4 is 11.4 Å². The molecule has 0 bridgehead atoms. The summed E-state index contributed by atoms with van der Waals surface area (Å²) >= 11 is 0. The van der Waals surface area contributed by atoms with Gasteiger partial charge < -0.3 is 5.32 Å². The SMILES string of the molecule is Cc1ccc([N+](=O)[O-])cc1NC(C)Cc1ccccc1F. The zero-order valence-electron chi connectivity index (χ0n) is 12.0. The summed E-state index contributed by atoms with van der Waals surface area (Å²) in [6.07, 6.45) is 0.509. The summed E-state index contributed by atoms with van der Waals surface area (Å²) in [6, 6.07) is 11.3. The highest BCUT2D eigenvalue weighted by atomic mass is 19.1. The second-order valence-electron chi connectivity index (χ2n) is 5.10. The first kappa shape index (κ1) is 15.0. The van der Waals surface area contributed by atoms with Gasteiger partial charge in [-0.25, -0.2) is 4.39 Å². The fourth-order valence-corrected chi connectivity index (χ4v) is 2.19. The lowest BCUT2D eigenvalue weighted by Gasteiger charge is -2.17. The van der Waals surface area contributed by atoms with Crippen LogP contribution in [0.25, 0.3) is 0 Å². The van der Waals surface area contributed by atoms with E-state index < -0.39 is 4.92 Å². The van der Waals surface area contributed by atoms with Gasteiger partial charge in [-0.2, -0.15) is 0 Å². The van der Waals surface area contributed by atoms with E-state index >= 15 is 0 Å². The van der Waals surface area contributed by atoms with Crippen LogP contribution in [0.2, 0.25) is 0 Å². The van der Waals surface area contributed by atoms with Crippen LogP contribution >= 0.6 is 0 Å². The summed E-state index contributed by atoms with van der Waals surface area (Å²) in [5, 5.41) is 14.0. The minimum Gasteiger partial charge on any atom is -0.382 e. The normalized spacial score (nSPS) is 12.0. The summed E-state index contributed by atoms with van der Waals surface area (Å²) in [7, 11) is 0. The third kappa shape index (κ3) is 3.78. The summed E-state index contributed by atoms with van der Waals surface area (Å²) in [5.41, 5.74) is 2.29. The Morgan fingerprint density at radius 2 is 2.00 bits per heavy atom. The van der Waals surface area contributed by atoms with Crippen molar-refractivity contribution in [2.75, 3.05) is 5.32 Å². The van der Waals surface area contributed by atoms with Crippen LogP contribution < -0.4 is 5.32 Å². The molecule has 5 heteroatoms. The van der Waals surface area contributed by atoms with Gasteiger partial charge in [-0.15, -0.1) is 0 Å². The van der Waals surface area contributed by atoms with Gasteiger partial charge in [0.15, 0.2) is 0 Å². The van der Waals surface area contributed by atoms with Gasteiger partial charge in [0, 0.05) is 23.9 Å². The fourth-order valence-electron chi connectivity index (χ4n) is 2.19. The van der Waals surface area contributed by atoms with Gasteiger partial charge in [-0.05, 0) is 37.5 Å². The Morgan fingerprint density at radius 1 is 1.29 bits per heavy atom. The van der Waals surface area contributed by atoms with Crippen molar-refractivity contribution in [1.82, 2.24) is 0 Å². The Morgan fingerprint density at radius 3 is 2.67 bits per heavy atom. The molecule has 0 saturated carbocycles. The molecule has 21 heavy (non-hydrogen) atoms. The molecule has 0 aliphatic rings. The number of hydrogen-bond acceptors (Lipinski definition) is 3. The highest BCUT2D eigenvalue weighted by Crippen LogP contribution is 2.23. The molecule has 1 atom stereocenters. The third-order valence-corrected chi connectivity index (χ3v) is 3.32. The zero-order valence-corrected chi connectivity index (χ0v) is 12.0. The molecule has 1 N–H and O–H groups in total. The van der Waals surface area contributed by atoms with E-state index in [-0.39, 0.29) is 17.5 Å². The third-order valence-electron chi connectivity index (χ3n) is 3.32. The summed E-state index contributed by atoms with van der Waals surface area (Å²) < 4.78 is 13.6. The zero-order chi connectivity index (χ0) is 15.4. The van der Waals surface area contributed by atoms with Crippen LogP contribution in [0.5, 0.6) is 0 Å². The van der Waals surface area contributed by atoms with Crippen molar-refractivity contribution in [3.05, 3.63) is 69.5 Å². The first-order chi connectivity index (χ1) is 9.97. The number of hydrogen-bond donors (Lipinski definition) is 1. The lowest BCUT2D eigenvalue weighted by Crippen LogP contribution is -2.19. The molecule has 4 nitrogen and oxygen atoms in total. The molecular formula is C16H17FN2O2. The number of anilines is 1.